The largest absolute Gasteiger partial charge is 0.488 e. The number of imidazole rings is 1. The Bertz CT molecular complexity index is 2160. The van der Waals surface area contributed by atoms with Gasteiger partial charge < -0.3 is 49.9 Å². The molecular formula is C53H88N10O11. The number of esters is 4. The van der Waals surface area contributed by atoms with Crippen LogP contribution in [-0.4, -0.2) is 126 Å². The van der Waals surface area contributed by atoms with Crippen molar-refractivity contribution in [1.82, 2.24) is 45.4 Å². The van der Waals surface area contributed by atoms with Crippen molar-refractivity contribution in [2.45, 2.75) is 208 Å². The van der Waals surface area contributed by atoms with Gasteiger partial charge in [-0.15, -0.1) is 5.10 Å². The first-order valence-corrected chi connectivity index (χ1v) is 25.6. The Morgan fingerprint density at radius 2 is 1.35 bits per heavy atom. The molecule has 2 aromatic rings. The number of unbranched alkanes of at least 4 members (excludes halogenated alkanes) is 3. The summed E-state index contributed by atoms with van der Waals surface area (Å²) in [6.07, 6.45) is 13.0. The molecule has 0 aliphatic rings. The quantitative estimate of drug-likeness (QED) is 0.0200. The van der Waals surface area contributed by atoms with Crippen molar-refractivity contribution in [3.63, 3.8) is 0 Å². The fourth-order valence-electron chi connectivity index (χ4n) is 6.94. The smallest absolute Gasteiger partial charge is 0.329 e. The third-order valence-electron chi connectivity index (χ3n) is 10.1. The zero-order valence-corrected chi connectivity index (χ0v) is 46.4. The number of allylic oxidation sites excluding steroid dienone is 1. The first-order chi connectivity index (χ1) is 34.4. The Balaban J connectivity index is 1.96. The highest BCUT2D eigenvalue weighted by Gasteiger charge is 2.31. The number of ether oxygens (including phenoxy) is 5. The van der Waals surface area contributed by atoms with E-state index in [1.807, 2.05) is 33.0 Å². The van der Waals surface area contributed by atoms with Crippen LogP contribution in [0.3, 0.4) is 0 Å². The van der Waals surface area contributed by atoms with E-state index in [0.29, 0.717) is 82.2 Å². The zero-order valence-electron chi connectivity index (χ0n) is 46.4. The highest BCUT2D eigenvalue weighted by atomic mass is 16.6. The molecule has 0 saturated heterocycles. The molecule has 0 saturated carbocycles. The Morgan fingerprint density at radius 3 is 1.96 bits per heavy atom. The van der Waals surface area contributed by atoms with Crippen LogP contribution in [0.2, 0.25) is 0 Å². The number of rotatable bonds is 32. The number of nitrogens with one attached hydrogen (secondary N) is 3. The summed E-state index contributed by atoms with van der Waals surface area (Å²) < 4.78 is 31.3. The lowest BCUT2D eigenvalue weighted by molar-refractivity contribution is -0.159. The van der Waals surface area contributed by atoms with Gasteiger partial charge in [-0.3, -0.25) is 24.0 Å². The van der Waals surface area contributed by atoms with Gasteiger partial charge in [-0.1, -0.05) is 30.9 Å². The molecule has 3 amide bonds. The standard InChI is InChI=1S/C53H88N10O11/c1-38(23-24-39(2)70-37-40-34-63(60-59-40)31-20-27-54)33-61(35-43-55-29-32-62(43)36-46(66)72-51(6,7)8)30-19-15-16-22-44(64)56-28-18-17-21-41(47(67)73-52(9,10)11)57-49(69)58-42(48(68)74-53(12,13)14)25-26-45(65)71-50(3,4)5/h23-24,29,32,34,41-42H,1-2,15-22,25-28,30-31,33,35-37,54H2,3-14H3,(H,56,64)(H2,57,58,69)/b24-23-/t41-,42-/m0/s1. The van der Waals surface area contributed by atoms with Crippen molar-refractivity contribution in [2.75, 3.05) is 26.2 Å². The summed E-state index contributed by atoms with van der Waals surface area (Å²) >= 11 is 0. The summed E-state index contributed by atoms with van der Waals surface area (Å²) in [7, 11) is 0. The van der Waals surface area contributed by atoms with Gasteiger partial charge >= 0.3 is 29.9 Å². The summed E-state index contributed by atoms with van der Waals surface area (Å²) in [5.41, 5.74) is 4.00. The molecule has 5 N–H and O–H groups in total. The molecule has 74 heavy (non-hydrogen) atoms. The maximum absolute atomic E-state index is 13.3. The summed E-state index contributed by atoms with van der Waals surface area (Å²) in [4.78, 5) is 84.5. The average Bonchev–Trinajstić information content (AvgIpc) is 3.90. The molecule has 0 aromatic carbocycles. The third-order valence-corrected chi connectivity index (χ3v) is 10.1. The van der Waals surface area contributed by atoms with Crippen LogP contribution in [0.15, 0.2) is 55.2 Å². The molecule has 0 aliphatic carbocycles. The number of aromatic nitrogens is 5. The number of hydrogen-bond donors (Lipinski definition) is 4. The maximum Gasteiger partial charge on any atom is 0.329 e. The molecule has 2 heterocycles. The van der Waals surface area contributed by atoms with Crippen molar-refractivity contribution in [1.29, 1.82) is 0 Å². The molecule has 21 nitrogen and oxygen atoms in total. The van der Waals surface area contributed by atoms with Crippen LogP contribution in [0.4, 0.5) is 4.79 Å². The van der Waals surface area contributed by atoms with Gasteiger partial charge in [-0.25, -0.2) is 19.4 Å². The lowest BCUT2D eigenvalue weighted by Gasteiger charge is -2.27. The molecular weight excluding hydrogens is 953 g/mol. The minimum Gasteiger partial charge on any atom is -0.488 e. The Hall–Kier alpha value is -6.09. The Labute approximate surface area is 439 Å². The van der Waals surface area contributed by atoms with Crippen molar-refractivity contribution >= 4 is 35.8 Å². The van der Waals surface area contributed by atoms with Crippen LogP contribution in [0.1, 0.15) is 159 Å². The van der Waals surface area contributed by atoms with Crippen LogP contribution in [0, 0.1) is 0 Å². The number of carbonyl (C=O) groups excluding carboxylic acids is 6. The fourth-order valence-corrected chi connectivity index (χ4v) is 6.94. The number of hydrogen-bond acceptors (Lipinski definition) is 16. The molecule has 416 valence electrons. The number of nitrogens with zero attached hydrogens (tertiary/aromatic N) is 6. The molecule has 0 spiro atoms. The molecule has 0 fully saturated rings. The van der Waals surface area contributed by atoms with Gasteiger partial charge in [0.1, 0.15) is 64.9 Å². The second-order valence-corrected chi connectivity index (χ2v) is 22.2. The van der Waals surface area contributed by atoms with E-state index in [9.17, 15) is 28.8 Å². The molecule has 2 rings (SSSR count). The molecule has 0 radical (unpaired) electrons. The van der Waals surface area contributed by atoms with Gasteiger partial charge in [0.2, 0.25) is 5.91 Å². The van der Waals surface area contributed by atoms with Crippen molar-refractivity contribution < 1.29 is 52.5 Å². The van der Waals surface area contributed by atoms with Crippen LogP contribution in [0.5, 0.6) is 0 Å². The van der Waals surface area contributed by atoms with E-state index in [0.717, 1.165) is 24.8 Å². The SMILES string of the molecule is C=C(/C=C\C(=C)OCc1cn(CCCN)nn1)CN(CCCCCC(=O)NCCCC[C@H](NC(=O)N[C@@H](CCC(=O)OC(C)(C)C)C(=O)OC(C)(C)C)C(=O)OC(C)(C)C)Cc1nccn1CC(=O)OC(C)(C)C. The Morgan fingerprint density at radius 1 is 0.743 bits per heavy atom. The van der Waals surface area contributed by atoms with Crippen LogP contribution >= 0.6 is 0 Å². The van der Waals surface area contributed by atoms with E-state index in [1.54, 1.807) is 90.0 Å². The minimum atomic E-state index is -1.21. The number of nitrogens with two attached hydrogens (primary N) is 1. The number of aryl methyl sites for hydroxylation is 1. The lowest BCUT2D eigenvalue weighted by Crippen LogP contribution is -2.53. The van der Waals surface area contributed by atoms with Crippen LogP contribution < -0.4 is 21.7 Å². The van der Waals surface area contributed by atoms with E-state index in [4.69, 9.17) is 29.4 Å². The molecule has 0 unspecified atom stereocenters. The molecule has 21 heteroatoms. The van der Waals surface area contributed by atoms with Gasteiger partial charge in [0.25, 0.3) is 0 Å². The second kappa shape index (κ2) is 30.9. The molecule has 2 aromatic heterocycles. The normalized spacial score (nSPS) is 12.9. The minimum absolute atomic E-state index is 0.0182. The van der Waals surface area contributed by atoms with Gasteiger partial charge in [0.15, 0.2) is 0 Å². The van der Waals surface area contributed by atoms with Crippen molar-refractivity contribution in [3.05, 3.63) is 66.8 Å². The number of urea groups is 1. The summed E-state index contributed by atoms with van der Waals surface area (Å²) in [5, 5.41) is 16.4. The third kappa shape index (κ3) is 30.2. The highest BCUT2D eigenvalue weighted by molar-refractivity contribution is 5.87. The van der Waals surface area contributed by atoms with Crippen LogP contribution in [-0.2, 0) is 73.9 Å². The predicted molar refractivity (Wildman–Crippen MR) is 281 cm³/mol. The fraction of sp³-hybridized carbons (Fsp3) is 0.679. The maximum atomic E-state index is 13.3. The van der Waals surface area contributed by atoms with E-state index in [-0.39, 0.29) is 44.3 Å². The molecule has 0 aliphatic heterocycles. The molecule has 2 atom stereocenters. The van der Waals surface area contributed by atoms with Gasteiger partial charge in [-0.05, 0) is 153 Å². The van der Waals surface area contributed by atoms with Gasteiger partial charge in [0, 0.05) is 44.9 Å². The van der Waals surface area contributed by atoms with Gasteiger partial charge in [-0.2, -0.15) is 0 Å². The predicted octanol–water partition coefficient (Wildman–Crippen LogP) is 6.50. The first-order valence-electron chi connectivity index (χ1n) is 25.6. The van der Waals surface area contributed by atoms with Gasteiger partial charge in [0.05, 0.1) is 12.7 Å². The number of carbonyl (C=O) groups is 6. The number of amides is 3. The monoisotopic (exact) mass is 1040 g/mol. The topological polar surface area (TPSA) is 262 Å². The summed E-state index contributed by atoms with van der Waals surface area (Å²) in [6.45, 7) is 32.5. The molecule has 0 bridgehead atoms. The lowest BCUT2D eigenvalue weighted by atomic mass is 10.1. The van der Waals surface area contributed by atoms with E-state index in [2.05, 4.69) is 49.3 Å². The summed E-state index contributed by atoms with van der Waals surface area (Å²) in [5.74, 6) is -1.29. The van der Waals surface area contributed by atoms with Crippen molar-refractivity contribution in [3.8, 4) is 0 Å². The van der Waals surface area contributed by atoms with E-state index >= 15 is 0 Å². The van der Waals surface area contributed by atoms with E-state index in [1.165, 1.54) is 0 Å². The first kappa shape index (κ1) is 64.0. The van der Waals surface area contributed by atoms with Crippen molar-refractivity contribution in [2.24, 2.45) is 5.73 Å². The second-order valence-electron chi connectivity index (χ2n) is 22.2. The Kier molecular flexibility index (Phi) is 26.8. The zero-order chi connectivity index (χ0) is 55.7. The summed E-state index contributed by atoms with van der Waals surface area (Å²) in [6, 6.07) is -3.09. The van der Waals surface area contributed by atoms with Crippen LogP contribution in [0.25, 0.3) is 0 Å². The highest BCUT2D eigenvalue weighted by Crippen LogP contribution is 2.17. The average molecular weight is 1040 g/mol. The van der Waals surface area contributed by atoms with E-state index < -0.39 is 58.4 Å².